The van der Waals surface area contributed by atoms with E-state index in [1.165, 1.54) is 11.3 Å². The molecular weight excluding hydrogens is 320 g/mol. The van der Waals surface area contributed by atoms with Crippen molar-refractivity contribution >= 4 is 34.3 Å². The Hall–Kier alpha value is -2.16. The van der Waals surface area contributed by atoms with E-state index in [9.17, 15) is 19.5 Å². The van der Waals surface area contributed by atoms with Crippen molar-refractivity contribution in [3.63, 3.8) is 0 Å². The first-order valence-electron chi connectivity index (χ1n) is 7.41. The minimum atomic E-state index is -0.957. The van der Waals surface area contributed by atoms with Crippen LogP contribution in [0, 0.1) is 5.92 Å². The van der Waals surface area contributed by atoms with Crippen LogP contribution in [0.25, 0.3) is 0 Å². The van der Waals surface area contributed by atoms with Crippen LogP contribution in [0.1, 0.15) is 29.8 Å². The minimum Gasteiger partial charge on any atom is -0.481 e. The van der Waals surface area contributed by atoms with E-state index < -0.39 is 17.4 Å². The molecule has 1 aromatic heterocycles. The molecule has 2 amide bonds. The number of carbonyl (C=O) groups is 3. The van der Waals surface area contributed by atoms with Gasteiger partial charge in [-0.25, -0.2) is 4.98 Å². The van der Waals surface area contributed by atoms with Crippen LogP contribution in [0.5, 0.6) is 0 Å². The third kappa shape index (κ3) is 2.76. The number of amides is 2. The normalized spacial score (nSPS) is 22.9. The molecule has 124 valence electrons. The summed E-state index contributed by atoms with van der Waals surface area (Å²) in [6.45, 7) is 0.824. The number of hydrogen-bond donors (Lipinski definition) is 3. The average molecular weight is 338 g/mol. The Bertz CT molecular complexity index is 651. The van der Waals surface area contributed by atoms with Crippen LogP contribution in [-0.4, -0.2) is 58.5 Å². The fourth-order valence-corrected chi connectivity index (χ4v) is 4.00. The first kappa shape index (κ1) is 15.7. The lowest BCUT2D eigenvalue weighted by molar-refractivity contribution is -0.144. The lowest BCUT2D eigenvalue weighted by atomic mass is 9.77. The molecule has 0 aliphatic carbocycles. The van der Waals surface area contributed by atoms with Gasteiger partial charge in [-0.05, 0) is 12.8 Å². The standard InChI is InChI=1S/C14H18N4O4S/c1-15-13-16-9(7-23-13)11(20)18-4-2-14(3-5-18)8(12(21)22)6-10(19)17-14/h7-8H,2-6H2,1H3,(H,15,16)(H,17,19)(H,21,22)/t8-/m0/s1. The van der Waals surface area contributed by atoms with Gasteiger partial charge in [0.1, 0.15) is 5.69 Å². The SMILES string of the molecule is CNc1nc(C(=O)N2CCC3(CC2)NC(=O)C[C@H]3C(=O)O)cs1. The maximum absolute atomic E-state index is 12.5. The van der Waals surface area contributed by atoms with E-state index in [0.717, 1.165) is 0 Å². The summed E-state index contributed by atoms with van der Waals surface area (Å²) in [4.78, 5) is 41.4. The largest absolute Gasteiger partial charge is 0.481 e. The molecule has 0 aromatic carbocycles. The predicted octanol–water partition coefficient (Wildman–Crippen LogP) is 0.380. The molecule has 3 heterocycles. The maximum Gasteiger partial charge on any atom is 0.309 e. The first-order chi connectivity index (χ1) is 10.9. The van der Waals surface area contributed by atoms with E-state index >= 15 is 0 Å². The van der Waals surface area contributed by atoms with Gasteiger partial charge in [-0.2, -0.15) is 0 Å². The van der Waals surface area contributed by atoms with Gasteiger partial charge in [-0.15, -0.1) is 11.3 Å². The van der Waals surface area contributed by atoms with Crippen molar-refractivity contribution in [2.24, 2.45) is 5.92 Å². The maximum atomic E-state index is 12.5. The molecular formula is C14H18N4O4S. The zero-order chi connectivity index (χ0) is 16.6. The quantitative estimate of drug-likeness (QED) is 0.735. The number of thiazole rings is 1. The van der Waals surface area contributed by atoms with Gasteiger partial charge >= 0.3 is 5.97 Å². The number of carboxylic acids is 1. The molecule has 0 saturated carbocycles. The van der Waals surface area contributed by atoms with Crippen molar-refractivity contribution in [3.05, 3.63) is 11.1 Å². The molecule has 2 saturated heterocycles. The molecule has 2 aliphatic rings. The Morgan fingerprint density at radius 2 is 2.17 bits per heavy atom. The molecule has 1 spiro atoms. The second-order valence-electron chi connectivity index (χ2n) is 5.88. The molecule has 0 unspecified atom stereocenters. The lowest BCUT2D eigenvalue weighted by Gasteiger charge is -2.41. The van der Waals surface area contributed by atoms with Gasteiger partial charge < -0.3 is 20.6 Å². The summed E-state index contributed by atoms with van der Waals surface area (Å²) in [5.74, 6) is -2.06. The highest BCUT2D eigenvalue weighted by molar-refractivity contribution is 7.13. The number of hydrogen-bond acceptors (Lipinski definition) is 6. The highest BCUT2D eigenvalue weighted by Crippen LogP contribution is 2.37. The Morgan fingerprint density at radius 3 is 2.74 bits per heavy atom. The van der Waals surface area contributed by atoms with Gasteiger partial charge in [0.05, 0.1) is 11.5 Å². The number of piperidine rings is 1. The molecule has 23 heavy (non-hydrogen) atoms. The van der Waals surface area contributed by atoms with E-state index in [-0.39, 0.29) is 18.2 Å². The number of aliphatic carboxylic acids is 1. The molecule has 9 heteroatoms. The van der Waals surface area contributed by atoms with Crippen molar-refractivity contribution in [2.45, 2.75) is 24.8 Å². The number of anilines is 1. The predicted molar refractivity (Wildman–Crippen MR) is 83.4 cm³/mol. The average Bonchev–Trinajstić information content (AvgIpc) is 3.12. The fraction of sp³-hybridized carbons (Fsp3) is 0.571. The molecule has 2 aliphatic heterocycles. The zero-order valence-corrected chi connectivity index (χ0v) is 13.5. The fourth-order valence-electron chi connectivity index (χ4n) is 3.35. The molecule has 0 radical (unpaired) electrons. The van der Waals surface area contributed by atoms with E-state index in [4.69, 9.17) is 0 Å². The Balaban J connectivity index is 1.69. The number of rotatable bonds is 3. The number of nitrogens with zero attached hydrogens (tertiary/aromatic N) is 2. The second-order valence-corrected chi connectivity index (χ2v) is 6.74. The Kier molecular flexibility index (Phi) is 3.97. The summed E-state index contributed by atoms with van der Waals surface area (Å²) < 4.78 is 0. The molecule has 1 atom stereocenters. The van der Waals surface area contributed by atoms with Crippen LogP contribution in [0.4, 0.5) is 5.13 Å². The zero-order valence-electron chi connectivity index (χ0n) is 12.7. The highest BCUT2D eigenvalue weighted by atomic mass is 32.1. The molecule has 3 rings (SSSR count). The van der Waals surface area contributed by atoms with Crippen LogP contribution in [0.3, 0.4) is 0 Å². The summed E-state index contributed by atoms with van der Waals surface area (Å²) in [5, 5.41) is 17.4. The molecule has 8 nitrogen and oxygen atoms in total. The summed E-state index contributed by atoms with van der Waals surface area (Å²) >= 11 is 1.36. The summed E-state index contributed by atoms with van der Waals surface area (Å²) in [6, 6.07) is 0. The van der Waals surface area contributed by atoms with Gasteiger partial charge in [-0.1, -0.05) is 0 Å². The summed E-state index contributed by atoms with van der Waals surface area (Å²) in [7, 11) is 1.74. The van der Waals surface area contributed by atoms with Gasteiger partial charge in [-0.3, -0.25) is 14.4 Å². The summed E-state index contributed by atoms with van der Waals surface area (Å²) in [5.41, 5.74) is -0.335. The second kappa shape index (κ2) is 5.80. The van der Waals surface area contributed by atoms with Crippen LogP contribution in [0.15, 0.2) is 5.38 Å². The van der Waals surface area contributed by atoms with Crippen molar-refractivity contribution in [1.82, 2.24) is 15.2 Å². The number of carboxylic acid groups (broad SMARTS) is 1. The van der Waals surface area contributed by atoms with Gasteiger partial charge in [0, 0.05) is 31.9 Å². The molecule has 2 fully saturated rings. The smallest absolute Gasteiger partial charge is 0.309 e. The Morgan fingerprint density at radius 1 is 1.48 bits per heavy atom. The van der Waals surface area contributed by atoms with Gasteiger partial charge in [0.25, 0.3) is 5.91 Å². The lowest BCUT2D eigenvalue weighted by Crippen LogP contribution is -2.56. The number of likely N-dealkylation sites (tertiary alicyclic amines) is 1. The van der Waals surface area contributed by atoms with Crippen molar-refractivity contribution in [3.8, 4) is 0 Å². The molecule has 3 N–H and O–H groups in total. The van der Waals surface area contributed by atoms with Crippen LogP contribution >= 0.6 is 11.3 Å². The molecule has 0 bridgehead atoms. The van der Waals surface area contributed by atoms with Crippen molar-refractivity contribution < 1.29 is 19.5 Å². The van der Waals surface area contributed by atoms with Crippen LogP contribution < -0.4 is 10.6 Å². The number of nitrogens with one attached hydrogen (secondary N) is 2. The first-order valence-corrected chi connectivity index (χ1v) is 8.29. The van der Waals surface area contributed by atoms with Crippen molar-refractivity contribution in [2.75, 3.05) is 25.5 Å². The van der Waals surface area contributed by atoms with E-state index in [1.54, 1.807) is 17.3 Å². The van der Waals surface area contributed by atoms with Crippen LogP contribution in [-0.2, 0) is 9.59 Å². The van der Waals surface area contributed by atoms with Crippen molar-refractivity contribution in [1.29, 1.82) is 0 Å². The van der Waals surface area contributed by atoms with Gasteiger partial charge in [0.2, 0.25) is 5.91 Å². The number of carbonyl (C=O) groups excluding carboxylic acids is 2. The highest BCUT2D eigenvalue weighted by Gasteiger charge is 2.52. The van der Waals surface area contributed by atoms with Gasteiger partial charge in [0.15, 0.2) is 5.13 Å². The monoisotopic (exact) mass is 338 g/mol. The topological polar surface area (TPSA) is 112 Å². The van der Waals surface area contributed by atoms with Crippen LogP contribution in [0.2, 0.25) is 0 Å². The van der Waals surface area contributed by atoms with E-state index in [2.05, 4.69) is 15.6 Å². The number of aromatic nitrogens is 1. The Labute approximate surface area is 136 Å². The third-order valence-corrected chi connectivity index (χ3v) is 5.48. The van der Waals surface area contributed by atoms with E-state index in [0.29, 0.717) is 36.8 Å². The van der Waals surface area contributed by atoms with E-state index in [1.807, 2.05) is 0 Å². The minimum absolute atomic E-state index is 0.0148. The summed E-state index contributed by atoms with van der Waals surface area (Å²) in [6.07, 6.45) is 0.913. The third-order valence-electron chi connectivity index (χ3n) is 4.62. The molecule has 1 aromatic rings.